The van der Waals surface area contributed by atoms with E-state index in [0.717, 1.165) is 16.9 Å². The number of primary amides is 1. The number of aryl methyl sites for hydroxylation is 1. The Bertz CT molecular complexity index is 1150. The van der Waals surface area contributed by atoms with Gasteiger partial charge in [0.1, 0.15) is 17.1 Å². The van der Waals surface area contributed by atoms with Crippen LogP contribution in [0.4, 0.5) is 5.82 Å². The molecule has 0 aliphatic carbocycles. The van der Waals surface area contributed by atoms with Gasteiger partial charge in [0.2, 0.25) is 5.91 Å². The third-order valence-electron chi connectivity index (χ3n) is 4.29. The molecular formula is C22H21N5O3S. The molecule has 3 rings (SSSR count). The number of methoxy groups -OCH3 is 1. The summed E-state index contributed by atoms with van der Waals surface area (Å²) in [5.41, 5.74) is 8.16. The van der Waals surface area contributed by atoms with Gasteiger partial charge in [-0.2, -0.15) is 5.10 Å². The lowest BCUT2D eigenvalue weighted by molar-refractivity contribution is -0.115. The Morgan fingerprint density at radius 1 is 1.19 bits per heavy atom. The zero-order valence-corrected chi connectivity index (χ0v) is 17.8. The Morgan fingerprint density at radius 3 is 2.58 bits per heavy atom. The number of nitrogens with zero attached hydrogens (tertiary/aromatic N) is 2. The highest BCUT2D eigenvalue weighted by Gasteiger charge is 2.18. The Morgan fingerprint density at radius 2 is 1.94 bits per heavy atom. The van der Waals surface area contributed by atoms with Crippen molar-refractivity contribution >= 4 is 41.0 Å². The van der Waals surface area contributed by atoms with Crippen LogP contribution in [-0.4, -0.2) is 33.8 Å². The monoisotopic (exact) mass is 435 g/mol. The van der Waals surface area contributed by atoms with Gasteiger partial charge < -0.3 is 15.8 Å². The van der Waals surface area contributed by atoms with E-state index in [0.29, 0.717) is 5.69 Å². The molecule has 3 aromatic rings. The molecule has 0 aliphatic heterocycles. The number of anilines is 1. The van der Waals surface area contributed by atoms with E-state index in [-0.39, 0.29) is 16.5 Å². The molecule has 0 saturated heterocycles. The number of benzene rings is 2. The summed E-state index contributed by atoms with van der Waals surface area (Å²) in [5, 5.41) is 9.62. The minimum atomic E-state index is -0.671. The van der Waals surface area contributed by atoms with Crippen molar-refractivity contribution < 1.29 is 14.3 Å². The Labute approximate surface area is 184 Å². The fourth-order valence-corrected chi connectivity index (χ4v) is 2.98. The molecule has 0 radical (unpaired) electrons. The van der Waals surface area contributed by atoms with Crippen LogP contribution in [0.1, 0.15) is 21.5 Å². The quantitative estimate of drug-likeness (QED) is 0.406. The molecular weight excluding hydrogens is 414 g/mol. The molecule has 158 valence electrons. The van der Waals surface area contributed by atoms with Crippen LogP contribution in [0, 0.1) is 6.92 Å². The van der Waals surface area contributed by atoms with Crippen molar-refractivity contribution in [1.29, 1.82) is 0 Å². The highest BCUT2D eigenvalue weighted by molar-refractivity contribution is 7.80. The predicted octanol–water partition coefficient (Wildman–Crippen LogP) is 2.81. The Kier molecular flexibility index (Phi) is 6.78. The largest absolute Gasteiger partial charge is 0.497 e. The maximum atomic E-state index is 12.2. The summed E-state index contributed by atoms with van der Waals surface area (Å²) in [6.07, 6.45) is 4.34. The van der Waals surface area contributed by atoms with Crippen LogP contribution < -0.4 is 21.1 Å². The van der Waals surface area contributed by atoms with Crippen LogP contribution in [0.15, 0.2) is 60.8 Å². The number of nitrogens with one attached hydrogen (secondary N) is 2. The van der Waals surface area contributed by atoms with E-state index >= 15 is 0 Å². The predicted molar refractivity (Wildman–Crippen MR) is 123 cm³/mol. The number of ether oxygens (including phenoxy) is 1. The summed E-state index contributed by atoms with van der Waals surface area (Å²) in [6, 6.07) is 14.7. The lowest BCUT2D eigenvalue weighted by atomic mass is 10.2. The van der Waals surface area contributed by atoms with Gasteiger partial charge in [-0.15, -0.1) is 0 Å². The minimum absolute atomic E-state index is 0.00119. The van der Waals surface area contributed by atoms with Crippen LogP contribution in [-0.2, 0) is 4.79 Å². The summed E-state index contributed by atoms with van der Waals surface area (Å²) in [4.78, 5) is 24.1. The van der Waals surface area contributed by atoms with E-state index in [4.69, 9.17) is 22.7 Å². The number of amides is 2. The molecule has 2 aromatic carbocycles. The molecule has 1 heterocycles. The van der Waals surface area contributed by atoms with Crippen LogP contribution in [0.5, 0.6) is 5.75 Å². The molecule has 0 aliphatic rings. The second-order valence-corrected chi connectivity index (χ2v) is 6.98. The highest BCUT2D eigenvalue weighted by atomic mass is 32.1. The standard InChI is InChI=1S/C22H21N5O3S/c1-14-4-3-5-16(12-14)27-21(18(13-24-27)20(23)29)26-22(31)25-19(28)11-8-15-6-9-17(30-2)10-7-15/h3-13H,1-2H3,(H2,23,29)(H2,25,26,28,31). The van der Waals surface area contributed by atoms with Crippen LogP contribution in [0.3, 0.4) is 0 Å². The SMILES string of the molecule is COc1ccc(C=CC(=O)NC(=S)Nc2c(C(N)=O)cnn2-c2cccc(C)c2)cc1. The van der Waals surface area contributed by atoms with Gasteiger partial charge in [0, 0.05) is 6.08 Å². The first-order valence-corrected chi connectivity index (χ1v) is 9.67. The van der Waals surface area contributed by atoms with Gasteiger partial charge in [0.05, 0.1) is 19.0 Å². The van der Waals surface area contributed by atoms with Gasteiger partial charge in [-0.1, -0.05) is 24.3 Å². The van der Waals surface area contributed by atoms with Crippen molar-refractivity contribution in [3.63, 3.8) is 0 Å². The number of hydrogen-bond donors (Lipinski definition) is 3. The molecule has 31 heavy (non-hydrogen) atoms. The van der Waals surface area contributed by atoms with Crippen molar-refractivity contribution in [1.82, 2.24) is 15.1 Å². The third-order valence-corrected chi connectivity index (χ3v) is 4.50. The first kappa shape index (κ1) is 21.7. The fourth-order valence-electron chi connectivity index (χ4n) is 2.78. The van der Waals surface area contributed by atoms with Crippen molar-refractivity contribution in [3.05, 3.63) is 77.5 Å². The minimum Gasteiger partial charge on any atom is -0.497 e. The van der Waals surface area contributed by atoms with Crippen molar-refractivity contribution in [2.45, 2.75) is 6.92 Å². The lowest BCUT2D eigenvalue weighted by Gasteiger charge is -2.12. The maximum Gasteiger partial charge on any atom is 0.254 e. The molecule has 1 aromatic heterocycles. The molecule has 0 bridgehead atoms. The van der Waals surface area contributed by atoms with Gasteiger partial charge >= 0.3 is 0 Å². The van der Waals surface area contributed by atoms with Gasteiger partial charge in [-0.3, -0.25) is 14.9 Å². The number of carbonyl (C=O) groups excluding carboxylic acids is 2. The number of carbonyl (C=O) groups is 2. The van der Waals surface area contributed by atoms with Gasteiger partial charge in [0.15, 0.2) is 5.11 Å². The Balaban J connectivity index is 1.73. The van der Waals surface area contributed by atoms with Crippen LogP contribution >= 0.6 is 12.2 Å². The molecule has 4 N–H and O–H groups in total. The highest BCUT2D eigenvalue weighted by Crippen LogP contribution is 2.21. The summed E-state index contributed by atoms with van der Waals surface area (Å²) in [7, 11) is 1.58. The zero-order valence-electron chi connectivity index (χ0n) is 17.0. The van der Waals surface area contributed by atoms with Crippen molar-refractivity contribution in [3.8, 4) is 11.4 Å². The molecule has 8 nitrogen and oxygen atoms in total. The number of nitrogens with two attached hydrogens (primary N) is 1. The first-order valence-electron chi connectivity index (χ1n) is 9.26. The number of thiocarbonyl (C=S) groups is 1. The number of rotatable bonds is 6. The van der Waals surface area contributed by atoms with E-state index in [9.17, 15) is 9.59 Å². The topological polar surface area (TPSA) is 111 Å². The molecule has 0 saturated carbocycles. The first-order chi connectivity index (χ1) is 14.9. The maximum absolute atomic E-state index is 12.2. The van der Waals surface area contributed by atoms with Crippen molar-refractivity contribution in [2.75, 3.05) is 12.4 Å². The second kappa shape index (κ2) is 9.68. The molecule has 0 unspecified atom stereocenters. The molecule has 2 amide bonds. The molecule has 0 spiro atoms. The summed E-state index contributed by atoms with van der Waals surface area (Å²) in [5.74, 6) is -0.115. The van der Waals surface area contributed by atoms with Crippen molar-refractivity contribution in [2.24, 2.45) is 5.73 Å². The summed E-state index contributed by atoms with van der Waals surface area (Å²) >= 11 is 5.24. The smallest absolute Gasteiger partial charge is 0.254 e. The average Bonchev–Trinajstić information content (AvgIpc) is 3.16. The summed E-state index contributed by atoms with van der Waals surface area (Å²) < 4.78 is 6.60. The van der Waals surface area contributed by atoms with Crippen LogP contribution in [0.25, 0.3) is 11.8 Å². The molecule has 0 atom stereocenters. The molecule has 9 heteroatoms. The van der Waals surface area contributed by atoms with Gasteiger partial charge in [-0.05, 0) is 60.6 Å². The van der Waals surface area contributed by atoms with E-state index < -0.39 is 11.8 Å². The Hall–Kier alpha value is -3.98. The fraction of sp³-hybridized carbons (Fsp3) is 0.0909. The number of hydrogen-bond acceptors (Lipinski definition) is 5. The lowest BCUT2D eigenvalue weighted by Crippen LogP contribution is -2.34. The molecule has 0 fully saturated rings. The zero-order chi connectivity index (χ0) is 22.4. The summed E-state index contributed by atoms with van der Waals surface area (Å²) in [6.45, 7) is 1.94. The third kappa shape index (κ3) is 5.55. The van der Waals surface area contributed by atoms with E-state index in [1.165, 1.54) is 17.0 Å². The van der Waals surface area contributed by atoms with E-state index in [1.807, 2.05) is 43.3 Å². The second-order valence-electron chi connectivity index (χ2n) is 6.57. The van der Waals surface area contributed by atoms with E-state index in [2.05, 4.69) is 15.7 Å². The average molecular weight is 436 g/mol. The van der Waals surface area contributed by atoms with Gasteiger partial charge in [-0.25, -0.2) is 4.68 Å². The normalized spacial score (nSPS) is 10.6. The van der Waals surface area contributed by atoms with E-state index in [1.54, 1.807) is 25.3 Å². The number of aromatic nitrogens is 2. The van der Waals surface area contributed by atoms with Crippen LogP contribution in [0.2, 0.25) is 0 Å². The van der Waals surface area contributed by atoms with Gasteiger partial charge in [0.25, 0.3) is 5.91 Å².